The Morgan fingerprint density at radius 1 is 1.71 bits per heavy atom. The van der Waals surface area contributed by atoms with Crippen LogP contribution in [0.2, 0.25) is 0 Å². The lowest BCUT2D eigenvalue weighted by Crippen LogP contribution is -2.49. The van der Waals surface area contributed by atoms with Gasteiger partial charge in [0.05, 0.1) is 5.41 Å². The third-order valence-corrected chi connectivity index (χ3v) is 2.85. The summed E-state index contributed by atoms with van der Waals surface area (Å²) in [4.78, 5) is 24.5. The van der Waals surface area contributed by atoms with Crippen LogP contribution >= 0.6 is 0 Å². The topological polar surface area (TPSA) is 37.4 Å². The van der Waals surface area contributed by atoms with Gasteiger partial charge < -0.3 is 0 Å². The molecule has 0 N–H and O–H groups in total. The number of hydrogen-bond donors (Lipinski definition) is 0. The summed E-state index contributed by atoms with van der Waals surface area (Å²) in [6.45, 7) is 7.57. The summed E-state index contributed by atoms with van der Waals surface area (Å²) in [6, 6.07) is 0. The Kier molecular flexibility index (Phi) is 3.09. The monoisotopic (exact) mass is 195 g/mol. The van der Waals surface area contributed by atoms with Gasteiger partial charge in [-0.1, -0.05) is 13.0 Å². The molecule has 0 aliphatic carbocycles. The average Bonchev–Trinajstić information content (AvgIpc) is 2.10. The lowest BCUT2D eigenvalue weighted by Gasteiger charge is -2.37. The molecule has 78 valence electrons. The highest BCUT2D eigenvalue weighted by Crippen LogP contribution is 2.34. The number of amides is 2. The van der Waals surface area contributed by atoms with Crippen molar-refractivity contribution in [3.63, 3.8) is 0 Å². The first kappa shape index (κ1) is 11.0. The number of carbonyl (C=O) groups is 2. The Hall–Kier alpha value is -1.12. The van der Waals surface area contributed by atoms with E-state index in [0.717, 1.165) is 12.8 Å². The zero-order chi connectivity index (χ0) is 10.8. The quantitative estimate of drug-likeness (QED) is 0.629. The van der Waals surface area contributed by atoms with Crippen molar-refractivity contribution in [2.45, 2.75) is 33.1 Å². The van der Waals surface area contributed by atoms with E-state index in [-0.39, 0.29) is 11.8 Å². The Labute approximate surface area is 84.8 Å². The molecule has 1 atom stereocenters. The molecule has 1 rings (SSSR count). The van der Waals surface area contributed by atoms with E-state index < -0.39 is 5.41 Å². The van der Waals surface area contributed by atoms with Gasteiger partial charge in [0.15, 0.2) is 0 Å². The normalized spacial score (nSPS) is 27.6. The maximum absolute atomic E-state index is 11.9. The number of piperidine rings is 1. The molecule has 1 aliphatic rings. The van der Waals surface area contributed by atoms with Crippen LogP contribution < -0.4 is 0 Å². The summed E-state index contributed by atoms with van der Waals surface area (Å²) >= 11 is 0. The molecule has 0 aromatic carbocycles. The minimum absolute atomic E-state index is 0.0452. The predicted octanol–water partition coefficient (Wildman–Crippen LogP) is 1.74. The van der Waals surface area contributed by atoms with Crippen LogP contribution in [0.1, 0.15) is 33.1 Å². The molecule has 0 radical (unpaired) electrons. The van der Waals surface area contributed by atoms with Crippen molar-refractivity contribution in [3.05, 3.63) is 12.7 Å². The van der Waals surface area contributed by atoms with Gasteiger partial charge in [-0.25, -0.2) is 0 Å². The molecular formula is C11H17NO2. The molecule has 1 heterocycles. The Balaban J connectivity index is 2.85. The predicted molar refractivity (Wildman–Crippen MR) is 54.5 cm³/mol. The summed E-state index contributed by atoms with van der Waals surface area (Å²) in [5, 5.41) is 0. The Morgan fingerprint density at radius 2 is 2.36 bits per heavy atom. The van der Waals surface area contributed by atoms with E-state index in [2.05, 4.69) is 6.58 Å². The number of nitrogens with zero attached hydrogens (tertiary/aromatic N) is 1. The molecule has 1 fully saturated rings. The first-order valence-electron chi connectivity index (χ1n) is 4.95. The van der Waals surface area contributed by atoms with Gasteiger partial charge in [-0.2, -0.15) is 0 Å². The lowest BCUT2D eigenvalue weighted by molar-refractivity contribution is -0.153. The SMILES string of the molecule is C=CC[C@]1(C)CCCN(C(C)=O)C1=O. The molecule has 14 heavy (non-hydrogen) atoms. The van der Waals surface area contributed by atoms with Crippen LogP contribution in [0.15, 0.2) is 12.7 Å². The van der Waals surface area contributed by atoms with Gasteiger partial charge >= 0.3 is 0 Å². The van der Waals surface area contributed by atoms with Crippen LogP contribution in [-0.4, -0.2) is 23.3 Å². The molecule has 0 spiro atoms. The zero-order valence-electron chi connectivity index (χ0n) is 8.88. The maximum Gasteiger partial charge on any atom is 0.235 e. The molecule has 2 amide bonds. The van der Waals surface area contributed by atoms with Crippen molar-refractivity contribution >= 4 is 11.8 Å². The zero-order valence-corrected chi connectivity index (χ0v) is 8.88. The van der Waals surface area contributed by atoms with Crippen LogP contribution in [0.5, 0.6) is 0 Å². The summed E-state index contributed by atoms with van der Waals surface area (Å²) in [5.41, 5.74) is -0.411. The van der Waals surface area contributed by atoms with Gasteiger partial charge in [-0.05, 0) is 19.3 Å². The third kappa shape index (κ3) is 1.86. The number of imide groups is 1. The third-order valence-electron chi connectivity index (χ3n) is 2.85. The highest BCUT2D eigenvalue weighted by molar-refractivity contribution is 5.97. The van der Waals surface area contributed by atoms with Crippen molar-refractivity contribution in [1.82, 2.24) is 4.90 Å². The number of rotatable bonds is 2. The molecular weight excluding hydrogens is 178 g/mol. The van der Waals surface area contributed by atoms with E-state index in [4.69, 9.17) is 0 Å². The largest absolute Gasteiger partial charge is 0.282 e. The van der Waals surface area contributed by atoms with Crippen LogP contribution in [0.25, 0.3) is 0 Å². The van der Waals surface area contributed by atoms with E-state index >= 15 is 0 Å². The van der Waals surface area contributed by atoms with Crippen molar-refractivity contribution < 1.29 is 9.59 Å². The fraction of sp³-hybridized carbons (Fsp3) is 0.636. The van der Waals surface area contributed by atoms with Gasteiger partial charge in [0.1, 0.15) is 0 Å². The van der Waals surface area contributed by atoms with E-state index in [9.17, 15) is 9.59 Å². The first-order chi connectivity index (χ1) is 6.51. The average molecular weight is 195 g/mol. The van der Waals surface area contributed by atoms with Gasteiger partial charge in [0.25, 0.3) is 0 Å². The van der Waals surface area contributed by atoms with Crippen LogP contribution in [0.4, 0.5) is 0 Å². The van der Waals surface area contributed by atoms with E-state index in [1.165, 1.54) is 11.8 Å². The van der Waals surface area contributed by atoms with Gasteiger partial charge in [0, 0.05) is 13.5 Å². The molecule has 0 aromatic heterocycles. The number of likely N-dealkylation sites (tertiary alicyclic amines) is 1. The fourth-order valence-corrected chi connectivity index (χ4v) is 1.97. The second kappa shape index (κ2) is 3.95. The Morgan fingerprint density at radius 3 is 2.86 bits per heavy atom. The summed E-state index contributed by atoms with van der Waals surface area (Å²) in [5.74, 6) is -0.193. The first-order valence-corrected chi connectivity index (χ1v) is 4.95. The van der Waals surface area contributed by atoms with E-state index in [1.54, 1.807) is 6.08 Å². The van der Waals surface area contributed by atoms with Gasteiger partial charge in [-0.3, -0.25) is 14.5 Å². The van der Waals surface area contributed by atoms with E-state index in [1.807, 2.05) is 6.92 Å². The number of allylic oxidation sites excluding steroid dienone is 1. The fourth-order valence-electron chi connectivity index (χ4n) is 1.97. The van der Waals surface area contributed by atoms with Gasteiger partial charge in [0.2, 0.25) is 11.8 Å². The van der Waals surface area contributed by atoms with E-state index in [0.29, 0.717) is 13.0 Å². The number of hydrogen-bond acceptors (Lipinski definition) is 2. The second-order valence-corrected chi connectivity index (χ2v) is 4.13. The summed E-state index contributed by atoms with van der Waals surface area (Å²) in [6.07, 6.45) is 4.15. The van der Waals surface area contributed by atoms with Crippen molar-refractivity contribution in [3.8, 4) is 0 Å². The maximum atomic E-state index is 11.9. The Bertz CT molecular complexity index is 272. The van der Waals surface area contributed by atoms with Gasteiger partial charge in [-0.15, -0.1) is 6.58 Å². The minimum Gasteiger partial charge on any atom is -0.282 e. The molecule has 3 heteroatoms. The summed E-state index contributed by atoms with van der Waals surface area (Å²) < 4.78 is 0. The van der Waals surface area contributed by atoms with Crippen LogP contribution in [-0.2, 0) is 9.59 Å². The molecule has 0 unspecified atom stereocenters. The highest BCUT2D eigenvalue weighted by atomic mass is 16.2. The smallest absolute Gasteiger partial charge is 0.235 e. The van der Waals surface area contributed by atoms with Crippen LogP contribution in [0.3, 0.4) is 0 Å². The van der Waals surface area contributed by atoms with Crippen molar-refractivity contribution in [2.24, 2.45) is 5.41 Å². The standard InChI is InChI=1S/C11H17NO2/c1-4-6-11(3)7-5-8-12(9(2)13)10(11)14/h4H,1,5-8H2,2-3H3/t11-/m1/s1. The molecule has 0 aromatic rings. The molecule has 3 nitrogen and oxygen atoms in total. The van der Waals surface area contributed by atoms with Crippen molar-refractivity contribution in [1.29, 1.82) is 0 Å². The van der Waals surface area contributed by atoms with Crippen LogP contribution in [0, 0.1) is 5.41 Å². The molecule has 1 saturated heterocycles. The summed E-state index contributed by atoms with van der Waals surface area (Å²) in [7, 11) is 0. The lowest BCUT2D eigenvalue weighted by atomic mass is 9.78. The molecule has 0 bridgehead atoms. The second-order valence-electron chi connectivity index (χ2n) is 4.13. The van der Waals surface area contributed by atoms with Crippen molar-refractivity contribution in [2.75, 3.05) is 6.54 Å². The minimum atomic E-state index is -0.411. The molecule has 0 saturated carbocycles. The highest BCUT2D eigenvalue weighted by Gasteiger charge is 2.39. The number of carbonyl (C=O) groups excluding carboxylic acids is 2. The molecule has 1 aliphatic heterocycles.